The van der Waals surface area contributed by atoms with E-state index in [1.165, 1.54) is 0 Å². The number of nitrogens with one attached hydrogen (secondary N) is 1. The van der Waals surface area contributed by atoms with E-state index in [4.69, 9.17) is 5.11 Å². The molecule has 0 saturated carbocycles. The van der Waals surface area contributed by atoms with Gasteiger partial charge in [0.25, 0.3) is 0 Å². The van der Waals surface area contributed by atoms with Crippen LogP contribution in [0.15, 0.2) is 0 Å². The van der Waals surface area contributed by atoms with Crippen molar-refractivity contribution in [2.45, 2.75) is 52.5 Å². The van der Waals surface area contributed by atoms with Gasteiger partial charge in [-0.15, -0.1) is 0 Å². The van der Waals surface area contributed by atoms with Gasteiger partial charge in [-0.2, -0.15) is 0 Å². The van der Waals surface area contributed by atoms with Crippen LogP contribution in [0.2, 0.25) is 0 Å². The number of rotatable bonds is 4. The van der Waals surface area contributed by atoms with Crippen LogP contribution < -0.4 is 5.32 Å². The Hall–Kier alpha value is -1.26. The third-order valence-electron chi connectivity index (χ3n) is 3.35. The minimum atomic E-state index is -0.824. The third kappa shape index (κ3) is 4.94. The first-order valence-electron chi connectivity index (χ1n) is 6.57. The fourth-order valence-corrected chi connectivity index (χ4v) is 2.31. The quantitative estimate of drug-likeness (QED) is 0.809. The van der Waals surface area contributed by atoms with Gasteiger partial charge in [0.2, 0.25) is 0 Å². The van der Waals surface area contributed by atoms with Crippen molar-refractivity contribution in [1.82, 2.24) is 10.2 Å². The number of carbonyl (C=O) groups excluding carboxylic acids is 1. The number of nitrogens with zero attached hydrogens (tertiary/aromatic N) is 1. The first-order chi connectivity index (χ1) is 8.30. The molecule has 1 aliphatic heterocycles. The van der Waals surface area contributed by atoms with E-state index < -0.39 is 5.97 Å². The molecule has 0 aliphatic carbocycles. The van der Waals surface area contributed by atoms with Gasteiger partial charge in [0, 0.05) is 25.6 Å². The second-order valence-electron chi connectivity index (χ2n) is 5.97. The molecule has 0 bridgehead atoms. The Bertz CT molecular complexity index is 315. The smallest absolute Gasteiger partial charge is 0.317 e. The lowest BCUT2D eigenvalue weighted by molar-refractivity contribution is -0.137. The summed E-state index contributed by atoms with van der Waals surface area (Å²) in [5, 5.41) is 11.5. The van der Waals surface area contributed by atoms with Crippen LogP contribution in [0.5, 0.6) is 0 Å². The van der Waals surface area contributed by atoms with E-state index in [-0.39, 0.29) is 23.9 Å². The van der Waals surface area contributed by atoms with Crippen LogP contribution in [0.3, 0.4) is 0 Å². The van der Waals surface area contributed by atoms with Gasteiger partial charge >= 0.3 is 12.0 Å². The number of urea groups is 1. The monoisotopic (exact) mass is 256 g/mol. The highest BCUT2D eigenvalue weighted by Gasteiger charge is 2.29. The Labute approximate surface area is 109 Å². The Balaban J connectivity index is 2.38. The third-order valence-corrected chi connectivity index (χ3v) is 3.35. The van der Waals surface area contributed by atoms with Crippen molar-refractivity contribution in [2.24, 2.45) is 5.41 Å². The van der Waals surface area contributed by atoms with Gasteiger partial charge in [-0.05, 0) is 31.6 Å². The minimum absolute atomic E-state index is 0.0688. The molecule has 0 aromatic carbocycles. The lowest BCUT2D eigenvalue weighted by atomic mass is 9.84. The van der Waals surface area contributed by atoms with Gasteiger partial charge in [-0.3, -0.25) is 4.79 Å². The maximum Gasteiger partial charge on any atom is 0.317 e. The van der Waals surface area contributed by atoms with E-state index in [1.807, 2.05) is 11.8 Å². The van der Waals surface area contributed by atoms with Crippen LogP contribution in [-0.4, -0.2) is 41.1 Å². The first kappa shape index (κ1) is 14.8. The molecule has 0 radical (unpaired) electrons. The van der Waals surface area contributed by atoms with Crippen LogP contribution in [0, 0.1) is 5.41 Å². The molecule has 5 heteroatoms. The molecule has 5 nitrogen and oxygen atoms in total. The Kier molecular flexibility index (Phi) is 4.99. The SMILES string of the molecule is CC(CCC(=O)O)NC(=O)N1CCCC(C)(C)C1. The number of amides is 2. The van der Waals surface area contributed by atoms with Gasteiger partial charge in [0.05, 0.1) is 0 Å². The number of hydrogen-bond donors (Lipinski definition) is 2. The largest absolute Gasteiger partial charge is 0.481 e. The molecule has 1 atom stereocenters. The fourth-order valence-electron chi connectivity index (χ4n) is 2.31. The van der Waals surface area contributed by atoms with Crippen molar-refractivity contribution in [3.63, 3.8) is 0 Å². The summed E-state index contributed by atoms with van der Waals surface area (Å²) >= 11 is 0. The van der Waals surface area contributed by atoms with Crippen molar-refractivity contribution in [2.75, 3.05) is 13.1 Å². The van der Waals surface area contributed by atoms with Gasteiger partial charge < -0.3 is 15.3 Å². The highest BCUT2D eigenvalue weighted by molar-refractivity contribution is 5.74. The molecule has 18 heavy (non-hydrogen) atoms. The summed E-state index contributed by atoms with van der Waals surface area (Å²) in [7, 11) is 0. The molecular formula is C13H24N2O3. The lowest BCUT2D eigenvalue weighted by Gasteiger charge is -2.38. The van der Waals surface area contributed by atoms with Crippen molar-refractivity contribution < 1.29 is 14.7 Å². The number of carboxylic acids is 1. The summed E-state index contributed by atoms with van der Waals surface area (Å²) in [5.41, 5.74) is 0.180. The molecule has 1 unspecified atom stereocenters. The van der Waals surface area contributed by atoms with Crippen LogP contribution >= 0.6 is 0 Å². The maximum atomic E-state index is 12.0. The summed E-state index contributed by atoms with van der Waals surface area (Å²) in [5.74, 6) is -0.824. The molecule has 1 rings (SSSR count). The topological polar surface area (TPSA) is 69.6 Å². The van der Waals surface area contributed by atoms with Gasteiger partial charge in [-0.25, -0.2) is 4.79 Å². The summed E-state index contributed by atoms with van der Waals surface area (Å²) in [4.78, 5) is 24.3. The normalized spacial score (nSPS) is 20.3. The molecule has 2 N–H and O–H groups in total. The van der Waals surface area contributed by atoms with Crippen LogP contribution in [0.1, 0.15) is 46.5 Å². The number of aliphatic carboxylic acids is 1. The number of hydrogen-bond acceptors (Lipinski definition) is 2. The number of piperidine rings is 1. The molecule has 1 fully saturated rings. The average molecular weight is 256 g/mol. The average Bonchev–Trinajstić information content (AvgIpc) is 2.25. The second-order valence-corrected chi connectivity index (χ2v) is 5.97. The van der Waals surface area contributed by atoms with Crippen molar-refractivity contribution in [3.05, 3.63) is 0 Å². The zero-order chi connectivity index (χ0) is 13.8. The Morgan fingerprint density at radius 1 is 1.44 bits per heavy atom. The predicted molar refractivity (Wildman–Crippen MR) is 69.5 cm³/mol. The molecule has 1 heterocycles. The predicted octanol–water partition coefficient (Wildman–Crippen LogP) is 2.07. The van der Waals surface area contributed by atoms with Crippen molar-refractivity contribution >= 4 is 12.0 Å². The van der Waals surface area contributed by atoms with E-state index in [1.54, 1.807) is 0 Å². The lowest BCUT2D eigenvalue weighted by Crippen LogP contribution is -2.50. The van der Waals surface area contributed by atoms with Gasteiger partial charge in [0.1, 0.15) is 0 Å². The minimum Gasteiger partial charge on any atom is -0.481 e. The van der Waals surface area contributed by atoms with Crippen molar-refractivity contribution in [3.8, 4) is 0 Å². The van der Waals surface area contributed by atoms with Gasteiger partial charge in [-0.1, -0.05) is 13.8 Å². The highest BCUT2D eigenvalue weighted by Crippen LogP contribution is 2.28. The maximum absolute atomic E-state index is 12.0. The van der Waals surface area contributed by atoms with Crippen LogP contribution in [0.25, 0.3) is 0 Å². The zero-order valence-corrected chi connectivity index (χ0v) is 11.5. The fraction of sp³-hybridized carbons (Fsp3) is 0.846. The number of carboxylic acid groups (broad SMARTS) is 1. The Morgan fingerprint density at radius 2 is 2.11 bits per heavy atom. The van der Waals surface area contributed by atoms with E-state index in [9.17, 15) is 9.59 Å². The summed E-state index contributed by atoms with van der Waals surface area (Å²) in [6.45, 7) is 7.74. The molecule has 0 aromatic heterocycles. The number of carbonyl (C=O) groups is 2. The zero-order valence-electron chi connectivity index (χ0n) is 11.5. The molecule has 0 spiro atoms. The van der Waals surface area contributed by atoms with E-state index in [2.05, 4.69) is 19.2 Å². The first-order valence-corrected chi connectivity index (χ1v) is 6.57. The summed E-state index contributed by atoms with van der Waals surface area (Å²) in [6, 6.07) is -0.167. The van der Waals surface area contributed by atoms with Crippen LogP contribution in [0.4, 0.5) is 4.79 Å². The second kappa shape index (κ2) is 6.07. The van der Waals surface area contributed by atoms with Crippen LogP contribution in [-0.2, 0) is 4.79 Å². The summed E-state index contributed by atoms with van der Waals surface area (Å²) < 4.78 is 0. The molecule has 0 aromatic rings. The van der Waals surface area contributed by atoms with Gasteiger partial charge in [0.15, 0.2) is 0 Å². The molecule has 1 aliphatic rings. The van der Waals surface area contributed by atoms with E-state index >= 15 is 0 Å². The highest BCUT2D eigenvalue weighted by atomic mass is 16.4. The standard InChI is InChI=1S/C13H24N2O3/c1-10(5-6-11(16)17)14-12(18)15-8-4-7-13(2,3)9-15/h10H,4-9H2,1-3H3,(H,14,18)(H,16,17). The van der Waals surface area contributed by atoms with E-state index in [0.29, 0.717) is 6.42 Å². The Morgan fingerprint density at radius 3 is 2.67 bits per heavy atom. The number of likely N-dealkylation sites (tertiary alicyclic amines) is 1. The molecular weight excluding hydrogens is 232 g/mol. The molecule has 1 saturated heterocycles. The van der Waals surface area contributed by atoms with E-state index in [0.717, 1.165) is 25.9 Å². The summed E-state index contributed by atoms with van der Waals surface area (Å²) in [6.07, 6.45) is 2.74. The molecule has 2 amide bonds. The molecule has 104 valence electrons. The van der Waals surface area contributed by atoms with Crippen molar-refractivity contribution in [1.29, 1.82) is 0 Å².